The summed E-state index contributed by atoms with van der Waals surface area (Å²) in [6, 6.07) is -0.625. The number of fused-ring (bicyclic) bond motifs is 1. The molecule has 194 valence electrons. The number of nitrogens with zero attached hydrogens (tertiary/aromatic N) is 1. The normalized spacial score (nSPS) is 28.9. The van der Waals surface area contributed by atoms with E-state index in [1.54, 1.807) is 6.92 Å². The molecular formula is C23H33N3O8S. The van der Waals surface area contributed by atoms with E-state index in [0.717, 1.165) is 32.1 Å². The second kappa shape index (κ2) is 10.7. The van der Waals surface area contributed by atoms with E-state index in [4.69, 9.17) is 14.2 Å². The van der Waals surface area contributed by atoms with Gasteiger partial charge in [0.1, 0.15) is 11.8 Å². The van der Waals surface area contributed by atoms with Gasteiger partial charge in [0.25, 0.3) is 0 Å². The summed E-state index contributed by atoms with van der Waals surface area (Å²) < 4.78 is 15.9. The number of hydrogen-bond acceptors (Lipinski definition) is 9. The van der Waals surface area contributed by atoms with Crippen LogP contribution >= 0.6 is 11.8 Å². The van der Waals surface area contributed by atoms with Crippen LogP contribution < -0.4 is 10.6 Å². The first-order chi connectivity index (χ1) is 16.7. The van der Waals surface area contributed by atoms with Gasteiger partial charge in [-0.3, -0.25) is 4.79 Å². The Morgan fingerprint density at radius 3 is 2.37 bits per heavy atom. The third kappa shape index (κ3) is 5.37. The highest BCUT2D eigenvalue weighted by Crippen LogP contribution is 2.51. The molecule has 2 saturated heterocycles. The first kappa shape index (κ1) is 25.6. The summed E-state index contributed by atoms with van der Waals surface area (Å²) in [5, 5.41) is 15.5. The van der Waals surface area contributed by atoms with Crippen molar-refractivity contribution in [3.63, 3.8) is 0 Å². The Morgan fingerprint density at radius 1 is 1.09 bits per heavy atom. The highest BCUT2D eigenvalue weighted by Gasteiger charge is 2.60. The average molecular weight is 512 g/mol. The zero-order valence-electron chi connectivity index (χ0n) is 20.2. The average Bonchev–Trinajstić information content (AvgIpc) is 3.03. The van der Waals surface area contributed by atoms with Gasteiger partial charge in [-0.1, -0.05) is 13.3 Å². The molecule has 12 heteroatoms. The molecule has 4 rings (SSSR count). The van der Waals surface area contributed by atoms with Crippen molar-refractivity contribution in [2.24, 2.45) is 11.8 Å². The maximum atomic E-state index is 13.2. The number of aliphatic hydroxyl groups excluding tert-OH is 1. The maximum absolute atomic E-state index is 13.2. The van der Waals surface area contributed by atoms with Crippen LogP contribution in [0.25, 0.3) is 0 Å². The molecule has 35 heavy (non-hydrogen) atoms. The minimum Gasteiger partial charge on any atom is -0.431 e. The van der Waals surface area contributed by atoms with Crippen LogP contribution in [0.1, 0.15) is 52.9 Å². The van der Waals surface area contributed by atoms with Gasteiger partial charge in [0, 0.05) is 36.1 Å². The van der Waals surface area contributed by atoms with E-state index >= 15 is 0 Å². The van der Waals surface area contributed by atoms with E-state index in [-0.39, 0.29) is 40.9 Å². The van der Waals surface area contributed by atoms with Crippen molar-refractivity contribution in [1.82, 2.24) is 15.5 Å². The van der Waals surface area contributed by atoms with Gasteiger partial charge >= 0.3 is 18.2 Å². The van der Waals surface area contributed by atoms with Gasteiger partial charge in [-0.05, 0) is 32.6 Å². The predicted molar refractivity (Wildman–Crippen MR) is 125 cm³/mol. The van der Waals surface area contributed by atoms with E-state index in [0.29, 0.717) is 18.0 Å². The molecule has 4 aliphatic rings. The summed E-state index contributed by atoms with van der Waals surface area (Å²) in [5.41, 5.74) is 0.0994. The van der Waals surface area contributed by atoms with Gasteiger partial charge in [-0.2, -0.15) is 0 Å². The third-order valence-corrected chi connectivity index (χ3v) is 8.41. The Hall–Kier alpha value is -2.47. The Morgan fingerprint density at radius 2 is 1.74 bits per heavy atom. The number of carbonyl (C=O) groups is 4. The zero-order valence-corrected chi connectivity index (χ0v) is 21.0. The summed E-state index contributed by atoms with van der Waals surface area (Å²) in [5.74, 6) is -1.97. The number of ether oxygens (including phenoxy) is 3. The molecule has 11 nitrogen and oxygen atoms in total. The Bertz CT molecular complexity index is 893. The zero-order chi connectivity index (χ0) is 25.3. The molecule has 0 aromatic rings. The maximum Gasteiger partial charge on any atom is 0.511 e. The number of aliphatic hydroxyl groups is 1. The molecule has 1 aliphatic carbocycles. The fourth-order valence-corrected chi connectivity index (χ4v) is 6.53. The molecule has 5 atom stereocenters. The fourth-order valence-electron chi connectivity index (χ4n) is 5.19. The first-order valence-electron chi connectivity index (χ1n) is 12.2. The van der Waals surface area contributed by atoms with Crippen molar-refractivity contribution in [2.75, 3.05) is 13.1 Å². The number of carbonyl (C=O) groups excluding carboxylic acids is 4. The van der Waals surface area contributed by atoms with Crippen molar-refractivity contribution in [1.29, 1.82) is 0 Å². The van der Waals surface area contributed by atoms with Crippen LogP contribution in [0.5, 0.6) is 0 Å². The molecule has 0 bridgehead atoms. The second-order valence-corrected chi connectivity index (χ2v) is 10.9. The van der Waals surface area contributed by atoms with Crippen LogP contribution in [0.2, 0.25) is 0 Å². The molecule has 3 heterocycles. The van der Waals surface area contributed by atoms with E-state index in [2.05, 4.69) is 10.6 Å². The molecule has 3 fully saturated rings. The number of hydrogen-bond donors (Lipinski definition) is 3. The lowest BCUT2D eigenvalue weighted by atomic mass is 9.79. The molecule has 0 aromatic carbocycles. The minimum atomic E-state index is -1.22. The SMILES string of the molecule is CC(OC(=O)OC1CCCCC1)OC(=O)C1=C(SC2CNC(=O)NC2)[C@H](C)[C@@H]2[C@@H]([C@@H](C)O)C(=O)N12. The van der Waals surface area contributed by atoms with Crippen molar-refractivity contribution in [3.8, 4) is 0 Å². The molecule has 0 spiro atoms. The largest absolute Gasteiger partial charge is 0.511 e. The number of thioether (sulfide) groups is 1. The van der Waals surface area contributed by atoms with Crippen molar-refractivity contribution in [2.45, 2.75) is 82.7 Å². The molecule has 3 aliphatic heterocycles. The summed E-state index contributed by atoms with van der Waals surface area (Å²) in [4.78, 5) is 51.7. The summed E-state index contributed by atoms with van der Waals surface area (Å²) in [7, 11) is 0. The second-order valence-electron chi connectivity index (χ2n) is 9.52. The van der Waals surface area contributed by atoms with Crippen molar-refractivity contribution in [3.05, 3.63) is 10.6 Å². The molecule has 1 unspecified atom stereocenters. The minimum absolute atomic E-state index is 0.0640. The van der Waals surface area contributed by atoms with Gasteiger partial charge in [0.2, 0.25) is 12.2 Å². The van der Waals surface area contributed by atoms with Crippen LogP contribution in [-0.2, 0) is 23.8 Å². The van der Waals surface area contributed by atoms with E-state index in [1.807, 2.05) is 6.92 Å². The van der Waals surface area contributed by atoms with Crippen LogP contribution in [-0.4, -0.2) is 76.9 Å². The van der Waals surface area contributed by atoms with E-state index in [9.17, 15) is 24.3 Å². The van der Waals surface area contributed by atoms with Crippen LogP contribution in [0, 0.1) is 11.8 Å². The first-order valence-corrected chi connectivity index (χ1v) is 13.1. The van der Waals surface area contributed by atoms with Crippen molar-refractivity contribution >= 4 is 35.8 Å². The lowest BCUT2D eigenvalue weighted by molar-refractivity contribution is -0.174. The number of nitrogens with one attached hydrogen (secondary N) is 2. The molecular weight excluding hydrogens is 478 g/mol. The smallest absolute Gasteiger partial charge is 0.431 e. The quantitative estimate of drug-likeness (QED) is 0.265. The monoisotopic (exact) mass is 511 g/mol. The van der Waals surface area contributed by atoms with Gasteiger partial charge in [0.05, 0.1) is 18.1 Å². The lowest BCUT2D eigenvalue weighted by Gasteiger charge is -2.46. The highest BCUT2D eigenvalue weighted by atomic mass is 32.2. The Labute approximate surface area is 208 Å². The fraction of sp³-hybridized carbons (Fsp3) is 0.739. The van der Waals surface area contributed by atoms with Crippen molar-refractivity contribution < 1.29 is 38.5 Å². The van der Waals surface area contributed by atoms with Crippen LogP contribution in [0.4, 0.5) is 9.59 Å². The lowest BCUT2D eigenvalue weighted by Crippen LogP contribution is -2.63. The van der Waals surface area contributed by atoms with E-state index in [1.165, 1.54) is 23.6 Å². The summed E-state index contributed by atoms with van der Waals surface area (Å²) >= 11 is 1.40. The number of urea groups is 1. The van der Waals surface area contributed by atoms with Gasteiger partial charge in [0.15, 0.2) is 0 Å². The summed E-state index contributed by atoms with van der Waals surface area (Å²) in [6.07, 6.45) is 1.51. The Balaban J connectivity index is 1.45. The summed E-state index contributed by atoms with van der Waals surface area (Å²) in [6.45, 7) is 5.68. The molecule has 3 N–H and O–H groups in total. The molecule has 3 amide bonds. The predicted octanol–water partition coefficient (Wildman–Crippen LogP) is 1.85. The molecule has 0 radical (unpaired) electrons. The van der Waals surface area contributed by atoms with Crippen LogP contribution in [0.3, 0.4) is 0 Å². The standard InChI is InChI=1S/C23H33N3O8S/c1-11-17-16(12(2)27)20(28)26(17)18(19(11)35-15-9-24-22(30)25-10-15)21(29)32-13(3)33-23(31)34-14-7-5-4-6-8-14/h11-17,27H,4-10H2,1-3H3,(H2,24,25,30)/t11-,12-,13?,16-,17-/m1/s1. The number of esters is 1. The number of rotatable bonds is 7. The van der Waals surface area contributed by atoms with E-state index < -0.39 is 30.4 Å². The highest BCUT2D eigenvalue weighted by molar-refractivity contribution is 8.03. The molecule has 1 saturated carbocycles. The van der Waals surface area contributed by atoms with Gasteiger partial charge in [-0.15, -0.1) is 11.8 Å². The third-order valence-electron chi connectivity index (χ3n) is 6.93. The van der Waals surface area contributed by atoms with Gasteiger partial charge in [-0.25, -0.2) is 14.4 Å². The molecule has 0 aromatic heterocycles. The topological polar surface area (TPSA) is 144 Å². The van der Waals surface area contributed by atoms with Gasteiger partial charge < -0.3 is 34.9 Å². The number of β-lactam (4-membered cyclic amide) rings is 1. The van der Waals surface area contributed by atoms with Crippen LogP contribution in [0.15, 0.2) is 10.6 Å². The Kier molecular flexibility index (Phi) is 7.80. The number of amides is 3.